The maximum atomic E-state index is 12.9. The van der Waals surface area contributed by atoms with Gasteiger partial charge in [0.15, 0.2) is 0 Å². The Balaban J connectivity index is 1.50. The van der Waals surface area contributed by atoms with Crippen LogP contribution in [0.3, 0.4) is 0 Å². The van der Waals surface area contributed by atoms with E-state index in [9.17, 15) is 14.4 Å². The van der Waals surface area contributed by atoms with E-state index in [0.29, 0.717) is 18.5 Å². The standard InChI is InChI=1S/C22H22N6O3/c1-12-8-18(26(2)25-12)20-16(10-23-27(20)3)13-4-5-15-14(9-13)11-28(22(15)31)17-6-7-19(29)24-21(17)30/h4-5,8-10,17H,6-7,11H2,1-3H3,(H,24,29,30). The lowest BCUT2D eigenvalue weighted by Gasteiger charge is -2.29. The molecular weight excluding hydrogens is 396 g/mol. The first-order valence-electron chi connectivity index (χ1n) is 10.1. The summed E-state index contributed by atoms with van der Waals surface area (Å²) in [6.45, 7) is 2.29. The molecule has 1 fully saturated rings. The smallest absolute Gasteiger partial charge is 0.255 e. The summed E-state index contributed by atoms with van der Waals surface area (Å²) in [5, 5.41) is 11.2. The Bertz CT molecular complexity index is 1250. The summed E-state index contributed by atoms with van der Waals surface area (Å²) in [5.74, 6) is -0.870. The number of benzene rings is 1. The zero-order valence-corrected chi connectivity index (χ0v) is 17.5. The first kappa shape index (κ1) is 19.2. The molecular formula is C22H22N6O3. The molecule has 0 saturated carbocycles. The summed E-state index contributed by atoms with van der Waals surface area (Å²) in [6.07, 6.45) is 2.41. The van der Waals surface area contributed by atoms with Gasteiger partial charge in [0, 0.05) is 38.2 Å². The molecule has 0 spiro atoms. The number of aromatic nitrogens is 4. The molecule has 31 heavy (non-hydrogen) atoms. The predicted octanol–water partition coefficient (Wildman–Crippen LogP) is 1.56. The lowest BCUT2D eigenvalue weighted by atomic mass is 9.99. The number of hydrogen-bond donors (Lipinski definition) is 1. The van der Waals surface area contributed by atoms with Gasteiger partial charge in [-0.1, -0.05) is 6.07 Å². The van der Waals surface area contributed by atoms with Gasteiger partial charge in [-0.2, -0.15) is 10.2 Å². The average Bonchev–Trinajstić information content (AvgIpc) is 3.36. The molecule has 1 saturated heterocycles. The quantitative estimate of drug-likeness (QED) is 0.651. The second kappa shape index (κ2) is 6.90. The number of carbonyl (C=O) groups is 3. The zero-order chi connectivity index (χ0) is 21.9. The summed E-state index contributed by atoms with van der Waals surface area (Å²) in [6, 6.07) is 7.11. The third-order valence-corrected chi connectivity index (χ3v) is 6.02. The van der Waals surface area contributed by atoms with E-state index in [2.05, 4.69) is 15.5 Å². The van der Waals surface area contributed by atoms with Gasteiger partial charge in [-0.15, -0.1) is 0 Å². The van der Waals surface area contributed by atoms with Gasteiger partial charge in [-0.05, 0) is 42.7 Å². The molecule has 1 N–H and O–H groups in total. The number of carbonyl (C=O) groups excluding carboxylic acids is 3. The van der Waals surface area contributed by atoms with Crippen LogP contribution in [-0.2, 0) is 30.2 Å². The number of nitrogens with one attached hydrogen (secondary N) is 1. The van der Waals surface area contributed by atoms with Crippen molar-refractivity contribution in [1.82, 2.24) is 29.8 Å². The van der Waals surface area contributed by atoms with Gasteiger partial charge in [-0.3, -0.25) is 29.1 Å². The minimum atomic E-state index is -0.618. The first-order chi connectivity index (χ1) is 14.8. The second-order valence-corrected chi connectivity index (χ2v) is 8.10. The number of rotatable bonds is 3. The summed E-state index contributed by atoms with van der Waals surface area (Å²) >= 11 is 0. The number of fused-ring (bicyclic) bond motifs is 1. The van der Waals surface area contributed by atoms with Crippen LogP contribution in [0.5, 0.6) is 0 Å². The van der Waals surface area contributed by atoms with Crippen LogP contribution < -0.4 is 5.32 Å². The van der Waals surface area contributed by atoms with Crippen molar-refractivity contribution in [2.24, 2.45) is 14.1 Å². The van der Waals surface area contributed by atoms with Crippen molar-refractivity contribution in [1.29, 1.82) is 0 Å². The van der Waals surface area contributed by atoms with E-state index in [1.54, 1.807) is 4.90 Å². The van der Waals surface area contributed by atoms with E-state index < -0.39 is 11.9 Å². The molecule has 2 aromatic heterocycles. The highest BCUT2D eigenvalue weighted by molar-refractivity contribution is 6.05. The summed E-state index contributed by atoms with van der Waals surface area (Å²) in [5.41, 5.74) is 6.16. The highest BCUT2D eigenvalue weighted by Crippen LogP contribution is 2.35. The highest BCUT2D eigenvalue weighted by Gasteiger charge is 2.39. The molecule has 2 aliphatic heterocycles. The molecule has 0 aliphatic carbocycles. The van der Waals surface area contributed by atoms with Gasteiger partial charge in [-0.25, -0.2) is 0 Å². The second-order valence-electron chi connectivity index (χ2n) is 8.10. The first-order valence-corrected chi connectivity index (χ1v) is 10.1. The van der Waals surface area contributed by atoms with Crippen LogP contribution >= 0.6 is 0 Å². The Labute approximate surface area is 178 Å². The minimum absolute atomic E-state index is 0.176. The van der Waals surface area contributed by atoms with Gasteiger partial charge in [0.25, 0.3) is 5.91 Å². The van der Waals surface area contributed by atoms with Crippen LogP contribution in [0.15, 0.2) is 30.5 Å². The predicted molar refractivity (Wildman–Crippen MR) is 112 cm³/mol. The van der Waals surface area contributed by atoms with Crippen molar-refractivity contribution in [3.8, 4) is 22.5 Å². The van der Waals surface area contributed by atoms with E-state index in [4.69, 9.17) is 0 Å². The van der Waals surface area contributed by atoms with Crippen molar-refractivity contribution < 1.29 is 14.4 Å². The van der Waals surface area contributed by atoms with Crippen molar-refractivity contribution in [2.75, 3.05) is 0 Å². The van der Waals surface area contributed by atoms with Gasteiger partial charge in [0.2, 0.25) is 11.8 Å². The largest absolute Gasteiger partial charge is 0.322 e. The van der Waals surface area contributed by atoms with Crippen molar-refractivity contribution in [2.45, 2.75) is 32.4 Å². The third-order valence-electron chi connectivity index (χ3n) is 6.02. The van der Waals surface area contributed by atoms with E-state index in [-0.39, 0.29) is 18.2 Å². The van der Waals surface area contributed by atoms with E-state index in [1.165, 1.54) is 0 Å². The molecule has 0 radical (unpaired) electrons. The van der Waals surface area contributed by atoms with Gasteiger partial charge in [0.1, 0.15) is 6.04 Å². The number of imide groups is 1. The van der Waals surface area contributed by atoms with Crippen molar-refractivity contribution >= 4 is 17.7 Å². The lowest BCUT2D eigenvalue weighted by Crippen LogP contribution is -2.52. The van der Waals surface area contributed by atoms with Crippen LogP contribution in [0.25, 0.3) is 22.5 Å². The Kier molecular flexibility index (Phi) is 4.28. The fourth-order valence-electron chi connectivity index (χ4n) is 4.53. The molecule has 3 amide bonds. The van der Waals surface area contributed by atoms with Crippen LogP contribution in [0.1, 0.15) is 34.5 Å². The van der Waals surface area contributed by atoms with Crippen LogP contribution in [0.2, 0.25) is 0 Å². The molecule has 2 aliphatic rings. The Morgan fingerprint density at radius 2 is 1.87 bits per heavy atom. The molecule has 1 unspecified atom stereocenters. The maximum Gasteiger partial charge on any atom is 0.255 e. The summed E-state index contributed by atoms with van der Waals surface area (Å²) in [7, 11) is 3.79. The molecule has 9 heteroatoms. The maximum absolute atomic E-state index is 12.9. The van der Waals surface area contributed by atoms with E-state index >= 15 is 0 Å². The van der Waals surface area contributed by atoms with Gasteiger partial charge in [0.05, 0.1) is 23.3 Å². The molecule has 5 rings (SSSR count). The summed E-state index contributed by atoms with van der Waals surface area (Å²) < 4.78 is 3.65. The molecule has 1 atom stereocenters. The van der Waals surface area contributed by atoms with E-state index in [0.717, 1.165) is 33.8 Å². The number of piperidine rings is 1. The third kappa shape index (κ3) is 3.04. The lowest BCUT2D eigenvalue weighted by molar-refractivity contribution is -0.136. The van der Waals surface area contributed by atoms with Crippen molar-refractivity contribution in [3.63, 3.8) is 0 Å². The monoisotopic (exact) mass is 418 g/mol. The molecule has 3 aromatic rings. The fourth-order valence-corrected chi connectivity index (χ4v) is 4.53. The number of aryl methyl sites for hydroxylation is 3. The zero-order valence-electron chi connectivity index (χ0n) is 17.5. The SMILES string of the molecule is Cc1cc(-c2c(-c3ccc4c(c3)CN(C3CCC(=O)NC3=O)C4=O)cnn2C)n(C)n1. The molecule has 4 heterocycles. The number of nitrogens with zero attached hydrogens (tertiary/aromatic N) is 5. The van der Waals surface area contributed by atoms with Crippen molar-refractivity contribution in [3.05, 3.63) is 47.3 Å². The average molecular weight is 418 g/mol. The van der Waals surface area contributed by atoms with Gasteiger partial charge >= 0.3 is 0 Å². The molecule has 158 valence electrons. The van der Waals surface area contributed by atoms with Gasteiger partial charge < -0.3 is 4.90 Å². The van der Waals surface area contributed by atoms with Crippen LogP contribution in [0, 0.1) is 6.92 Å². The summed E-state index contributed by atoms with van der Waals surface area (Å²) in [4.78, 5) is 38.2. The molecule has 0 bridgehead atoms. The molecule has 9 nitrogen and oxygen atoms in total. The number of hydrogen-bond acceptors (Lipinski definition) is 5. The normalized spacial score (nSPS) is 18.5. The van der Waals surface area contributed by atoms with Crippen LogP contribution in [-0.4, -0.2) is 48.2 Å². The number of amides is 3. The van der Waals surface area contributed by atoms with Crippen LogP contribution in [0.4, 0.5) is 0 Å². The Morgan fingerprint density at radius 1 is 1.06 bits per heavy atom. The fraction of sp³-hybridized carbons (Fsp3) is 0.318. The highest BCUT2D eigenvalue weighted by atomic mass is 16.2. The topological polar surface area (TPSA) is 102 Å². The Morgan fingerprint density at radius 3 is 2.58 bits per heavy atom. The minimum Gasteiger partial charge on any atom is -0.322 e. The Hall–Kier alpha value is -3.75. The molecule has 1 aromatic carbocycles. The van der Waals surface area contributed by atoms with E-state index in [1.807, 2.05) is 60.8 Å².